The van der Waals surface area contributed by atoms with Gasteiger partial charge in [-0.1, -0.05) is 60.7 Å². The molecule has 2 unspecified atom stereocenters. The highest BCUT2D eigenvalue weighted by molar-refractivity contribution is 5.80. The summed E-state index contributed by atoms with van der Waals surface area (Å²) >= 11 is 0. The highest BCUT2D eigenvalue weighted by Crippen LogP contribution is 2.53. The molecule has 0 bridgehead atoms. The number of allylic oxidation sites excluding steroid dienone is 4. The van der Waals surface area contributed by atoms with Crippen molar-refractivity contribution in [2.75, 3.05) is 36.0 Å². The lowest BCUT2D eigenvalue weighted by atomic mass is 9.85. The van der Waals surface area contributed by atoms with Gasteiger partial charge < -0.3 is 9.80 Å². The first-order chi connectivity index (χ1) is 15.4. The molecule has 4 aliphatic rings. The van der Waals surface area contributed by atoms with Crippen LogP contribution in [0.4, 0.5) is 11.4 Å². The van der Waals surface area contributed by atoms with Crippen molar-refractivity contribution in [1.82, 2.24) is 4.90 Å². The Morgan fingerprint density at radius 1 is 0.806 bits per heavy atom. The monoisotopic (exact) mass is 411 g/mol. The molecule has 3 heteroatoms. The van der Waals surface area contributed by atoms with E-state index >= 15 is 0 Å². The molecule has 160 valence electrons. The van der Waals surface area contributed by atoms with E-state index in [2.05, 4.69) is 87.5 Å². The molecule has 0 saturated carbocycles. The number of nitrogens with zero attached hydrogens (tertiary/aromatic N) is 3. The third-order valence-electron chi connectivity index (χ3n) is 7.85. The maximum Gasteiger partial charge on any atom is 0.172 e. The van der Waals surface area contributed by atoms with Gasteiger partial charge in [-0.2, -0.15) is 0 Å². The minimum absolute atomic E-state index is 0.0694. The predicted molar refractivity (Wildman–Crippen MR) is 130 cm³/mol. The number of anilines is 2. The SMILES string of the molecule is C1=CC(C(CCN2CCCN3c4ccccc4N4CCCC234)c2ccccc2)=CCC1. The number of hydrogen-bond acceptors (Lipinski definition) is 3. The van der Waals surface area contributed by atoms with Crippen LogP contribution in [0.25, 0.3) is 0 Å². The van der Waals surface area contributed by atoms with Crippen molar-refractivity contribution >= 4 is 11.4 Å². The second kappa shape index (κ2) is 7.87. The Morgan fingerprint density at radius 3 is 2.29 bits per heavy atom. The number of rotatable bonds is 5. The lowest BCUT2D eigenvalue weighted by Crippen LogP contribution is -2.68. The molecule has 2 saturated heterocycles. The minimum Gasteiger partial charge on any atom is -0.334 e. The van der Waals surface area contributed by atoms with Gasteiger partial charge in [-0.15, -0.1) is 0 Å². The zero-order valence-corrected chi connectivity index (χ0v) is 18.4. The van der Waals surface area contributed by atoms with E-state index in [0.29, 0.717) is 5.92 Å². The fourth-order valence-electron chi connectivity index (χ4n) is 6.57. The molecule has 2 aromatic carbocycles. The van der Waals surface area contributed by atoms with Gasteiger partial charge in [0, 0.05) is 38.5 Å². The van der Waals surface area contributed by atoms with Crippen molar-refractivity contribution in [2.24, 2.45) is 0 Å². The summed E-state index contributed by atoms with van der Waals surface area (Å²) in [4.78, 5) is 8.28. The van der Waals surface area contributed by atoms with Gasteiger partial charge in [0.2, 0.25) is 0 Å². The van der Waals surface area contributed by atoms with Gasteiger partial charge in [0.05, 0.1) is 11.4 Å². The van der Waals surface area contributed by atoms with Crippen LogP contribution in [0.1, 0.15) is 50.0 Å². The van der Waals surface area contributed by atoms with Crippen molar-refractivity contribution in [2.45, 2.75) is 50.2 Å². The summed E-state index contributed by atoms with van der Waals surface area (Å²) in [5.74, 6) is 0.558. The van der Waals surface area contributed by atoms with Crippen LogP contribution in [0.2, 0.25) is 0 Å². The van der Waals surface area contributed by atoms with E-state index in [1.807, 2.05) is 0 Å². The molecule has 0 aromatic heterocycles. The van der Waals surface area contributed by atoms with Gasteiger partial charge in [-0.3, -0.25) is 4.90 Å². The summed E-state index contributed by atoms with van der Waals surface area (Å²) in [6.45, 7) is 4.71. The molecular formula is C28H33N3. The molecule has 3 heterocycles. The summed E-state index contributed by atoms with van der Waals surface area (Å²) in [5, 5.41) is 0. The molecule has 2 fully saturated rings. The maximum atomic E-state index is 2.83. The van der Waals surface area contributed by atoms with E-state index in [0.717, 1.165) is 6.54 Å². The van der Waals surface area contributed by atoms with Crippen LogP contribution in [0.15, 0.2) is 78.4 Å². The average molecular weight is 412 g/mol. The van der Waals surface area contributed by atoms with E-state index in [9.17, 15) is 0 Å². The summed E-state index contributed by atoms with van der Waals surface area (Å²) < 4.78 is 0. The molecule has 31 heavy (non-hydrogen) atoms. The first-order valence-corrected chi connectivity index (χ1v) is 12.2. The van der Waals surface area contributed by atoms with E-state index in [1.165, 1.54) is 80.7 Å². The van der Waals surface area contributed by atoms with Crippen LogP contribution in [0.5, 0.6) is 0 Å². The Bertz CT molecular complexity index is 979. The number of fused-ring (bicyclic) bond motifs is 3. The van der Waals surface area contributed by atoms with Gasteiger partial charge in [-0.05, 0) is 55.4 Å². The van der Waals surface area contributed by atoms with Crippen LogP contribution in [-0.4, -0.2) is 36.9 Å². The Kier molecular flexibility index (Phi) is 4.87. The molecule has 2 aromatic rings. The fourth-order valence-corrected chi connectivity index (χ4v) is 6.57. The average Bonchev–Trinajstić information content (AvgIpc) is 3.37. The highest BCUT2D eigenvalue weighted by Gasteiger charge is 2.56. The van der Waals surface area contributed by atoms with Crippen LogP contribution >= 0.6 is 0 Å². The van der Waals surface area contributed by atoms with Crippen molar-refractivity contribution < 1.29 is 0 Å². The largest absolute Gasteiger partial charge is 0.334 e. The van der Waals surface area contributed by atoms with Crippen LogP contribution < -0.4 is 9.80 Å². The molecule has 2 atom stereocenters. The smallest absolute Gasteiger partial charge is 0.172 e. The van der Waals surface area contributed by atoms with Gasteiger partial charge >= 0.3 is 0 Å². The topological polar surface area (TPSA) is 9.72 Å². The van der Waals surface area contributed by atoms with Crippen molar-refractivity contribution in [3.8, 4) is 0 Å². The number of benzene rings is 2. The third-order valence-corrected chi connectivity index (χ3v) is 7.85. The van der Waals surface area contributed by atoms with Gasteiger partial charge in [-0.25, -0.2) is 0 Å². The second-order valence-electron chi connectivity index (χ2n) is 9.45. The quantitative estimate of drug-likeness (QED) is 0.605. The molecule has 3 nitrogen and oxygen atoms in total. The third kappa shape index (κ3) is 3.05. The number of hydrogen-bond donors (Lipinski definition) is 0. The zero-order chi connectivity index (χ0) is 20.7. The molecular weight excluding hydrogens is 378 g/mol. The fraction of sp³-hybridized carbons (Fsp3) is 0.429. The number of para-hydroxylation sites is 2. The first kappa shape index (κ1) is 19.2. The second-order valence-corrected chi connectivity index (χ2v) is 9.45. The maximum absolute atomic E-state index is 2.83. The van der Waals surface area contributed by atoms with Gasteiger partial charge in [0.15, 0.2) is 5.79 Å². The molecule has 6 rings (SSSR count). The Hall–Kier alpha value is -2.52. The van der Waals surface area contributed by atoms with Crippen LogP contribution in [0.3, 0.4) is 0 Å². The highest BCUT2D eigenvalue weighted by atomic mass is 15.6. The lowest BCUT2D eigenvalue weighted by molar-refractivity contribution is 0.0695. The normalized spacial score (nSPS) is 25.7. The van der Waals surface area contributed by atoms with Gasteiger partial charge in [0.25, 0.3) is 0 Å². The zero-order valence-electron chi connectivity index (χ0n) is 18.4. The molecule has 1 spiro atoms. The molecule has 0 radical (unpaired) electrons. The van der Waals surface area contributed by atoms with Gasteiger partial charge in [0.1, 0.15) is 0 Å². The molecule has 1 aliphatic carbocycles. The van der Waals surface area contributed by atoms with E-state index in [-0.39, 0.29) is 5.79 Å². The molecule has 3 aliphatic heterocycles. The Morgan fingerprint density at radius 2 is 1.55 bits per heavy atom. The Labute approximate surface area is 186 Å². The summed E-state index contributed by atoms with van der Waals surface area (Å²) in [6.07, 6.45) is 14.6. The summed E-state index contributed by atoms with van der Waals surface area (Å²) in [5.41, 5.74) is 5.88. The first-order valence-electron chi connectivity index (χ1n) is 12.2. The Balaban J connectivity index is 1.30. The van der Waals surface area contributed by atoms with E-state index < -0.39 is 0 Å². The van der Waals surface area contributed by atoms with Crippen LogP contribution in [0, 0.1) is 0 Å². The van der Waals surface area contributed by atoms with Crippen molar-refractivity contribution in [3.05, 3.63) is 84.0 Å². The van der Waals surface area contributed by atoms with Crippen molar-refractivity contribution in [3.63, 3.8) is 0 Å². The standard InChI is InChI=1S/C28H33N3/c1-3-11-23(12-4-1)25(24-13-5-2-6-14-24)17-22-29-19-10-21-31-27-16-8-7-15-26(27)30-20-9-18-28(29,30)31/h1,3-5,7-8,11-16,25H,2,6,9-10,17-22H2. The molecule has 0 N–H and O–H groups in total. The molecule has 0 amide bonds. The minimum atomic E-state index is 0.0694. The van der Waals surface area contributed by atoms with Crippen LogP contribution in [-0.2, 0) is 0 Å². The predicted octanol–water partition coefficient (Wildman–Crippen LogP) is 5.92. The summed E-state index contributed by atoms with van der Waals surface area (Å²) in [6, 6.07) is 20.3. The summed E-state index contributed by atoms with van der Waals surface area (Å²) in [7, 11) is 0. The lowest BCUT2D eigenvalue weighted by Gasteiger charge is -2.53. The van der Waals surface area contributed by atoms with E-state index in [4.69, 9.17) is 0 Å². The van der Waals surface area contributed by atoms with E-state index in [1.54, 1.807) is 0 Å². The van der Waals surface area contributed by atoms with Crippen molar-refractivity contribution in [1.29, 1.82) is 0 Å².